The summed E-state index contributed by atoms with van der Waals surface area (Å²) in [6.07, 6.45) is 0. The zero-order valence-corrected chi connectivity index (χ0v) is 10.9. The van der Waals surface area contributed by atoms with E-state index in [9.17, 15) is 0 Å². The van der Waals surface area contributed by atoms with Crippen LogP contribution in [0.5, 0.6) is 0 Å². The van der Waals surface area contributed by atoms with E-state index in [0.717, 1.165) is 0 Å². The third kappa shape index (κ3) is 26.0. The van der Waals surface area contributed by atoms with Crippen LogP contribution in [0.1, 0.15) is 0 Å². The molecule has 0 nitrogen and oxygen atoms in total. The molecule has 0 aromatic carbocycles. The van der Waals surface area contributed by atoms with Crippen LogP contribution in [-0.4, -0.2) is 0 Å². The third-order valence-electron chi connectivity index (χ3n) is 0. The molecule has 0 N–H and O–H groups in total. The van der Waals surface area contributed by atoms with Crippen molar-refractivity contribution in [1.29, 1.82) is 0 Å². The summed E-state index contributed by atoms with van der Waals surface area (Å²) in [6, 6.07) is 0. The predicted octanol–water partition coefficient (Wildman–Crippen LogP) is -0.0150. The Morgan fingerprint density at radius 1 is 1.00 bits per heavy atom. The molecule has 0 heterocycles. The molecule has 0 saturated heterocycles. The van der Waals surface area contributed by atoms with Crippen LogP contribution in [-0.2, 0) is 96.6 Å². The van der Waals surface area contributed by atoms with Gasteiger partial charge < -0.3 is 0 Å². The van der Waals surface area contributed by atoms with Gasteiger partial charge in [-0.1, -0.05) is 0 Å². The van der Waals surface area contributed by atoms with E-state index in [4.69, 9.17) is 0 Å². The molecule has 42 valence electrons. The van der Waals surface area contributed by atoms with Crippen LogP contribution in [0.25, 0.3) is 0 Å². The zero-order valence-electron chi connectivity index (χ0n) is 2.30. The molecule has 0 bridgehead atoms. The number of hydrogen-bond donors (Lipinski definition) is 0. The first kappa shape index (κ1) is 22.7. The third-order valence-corrected chi connectivity index (χ3v) is 0. The monoisotopic (exact) mass is 418 g/mol. The molecule has 0 aliphatic heterocycles. The van der Waals surface area contributed by atoms with Gasteiger partial charge in [-0.2, -0.15) is 0 Å². The second kappa shape index (κ2) is 23.7. The molecular formula is Co2Cr2Mo2. The van der Waals surface area contributed by atoms with Gasteiger partial charge in [0, 0.05) is 51.5 Å². The summed E-state index contributed by atoms with van der Waals surface area (Å²) in [5.74, 6) is 0. The molecule has 6 heavy (non-hydrogen) atoms. The first-order chi connectivity index (χ1) is 1.41. The summed E-state index contributed by atoms with van der Waals surface area (Å²) in [4.78, 5) is 0. The van der Waals surface area contributed by atoms with E-state index in [1.165, 1.54) is 9.47 Å². The van der Waals surface area contributed by atoms with E-state index in [-0.39, 0.29) is 51.5 Å². The van der Waals surface area contributed by atoms with Crippen LogP contribution < -0.4 is 0 Å². The Labute approximate surface area is 94.7 Å². The van der Waals surface area contributed by atoms with E-state index >= 15 is 0 Å². The van der Waals surface area contributed by atoms with Crippen molar-refractivity contribution in [1.82, 2.24) is 0 Å². The van der Waals surface area contributed by atoms with Crippen LogP contribution in [0.15, 0.2) is 0 Å². The van der Waals surface area contributed by atoms with Gasteiger partial charge in [-0.25, -0.2) is 0 Å². The molecule has 0 atom stereocenters. The minimum atomic E-state index is 0. The van der Waals surface area contributed by atoms with Crippen LogP contribution in [0, 0.1) is 0 Å². The van der Waals surface area contributed by atoms with Gasteiger partial charge in [-0.3, -0.25) is 0 Å². The second-order valence-electron chi connectivity index (χ2n) is 0.0556. The Hall–Kier alpha value is 3.45. The summed E-state index contributed by atoms with van der Waals surface area (Å²) in [5.41, 5.74) is 0. The van der Waals surface area contributed by atoms with Gasteiger partial charge in [0.15, 0.2) is 0 Å². The van der Waals surface area contributed by atoms with E-state index in [0.29, 0.717) is 0 Å². The Morgan fingerprint density at radius 3 is 1.00 bits per heavy atom. The van der Waals surface area contributed by atoms with Crippen molar-refractivity contribution in [2.75, 3.05) is 0 Å². The Morgan fingerprint density at radius 2 is 1.00 bits per heavy atom. The Balaban J connectivity index is -0.00000000667. The molecule has 1 radical (unpaired) electrons. The van der Waals surface area contributed by atoms with Crippen molar-refractivity contribution >= 4 is 0 Å². The predicted molar refractivity (Wildman–Crippen MR) is 0 cm³/mol. The molecule has 6 heteroatoms. The average Bonchev–Trinajstić information content (AvgIpc) is 0.918. The van der Waals surface area contributed by atoms with Crippen LogP contribution in [0.2, 0.25) is 0 Å². The van der Waals surface area contributed by atoms with Gasteiger partial charge in [0.2, 0.25) is 0 Å². The Kier molecular flexibility index (Phi) is 89.6. The quantitative estimate of drug-likeness (QED) is 0.490. The zero-order chi connectivity index (χ0) is 2.71. The van der Waals surface area contributed by atoms with Crippen LogP contribution in [0.3, 0.4) is 0 Å². The first-order valence-corrected chi connectivity index (χ1v) is 6.64. The molecule has 0 aliphatic carbocycles. The van der Waals surface area contributed by atoms with Crippen molar-refractivity contribution in [3.63, 3.8) is 0 Å². The summed E-state index contributed by atoms with van der Waals surface area (Å²) in [6.45, 7) is 0. The van der Waals surface area contributed by atoms with Gasteiger partial charge in [-0.15, -0.1) is 0 Å². The van der Waals surface area contributed by atoms with E-state index < -0.39 is 0 Å². The van der Waals surface area contributed by atoms with Crippen molar-refractivity contribution < 1.29 is 96.6 Å². The van der Waals surface area contributed by atoms with Crippen LogP contribution in [0.4, 0.5) is 0 Å². The summed E-state index contributed by atoms with van der Waals surface area (Å²) in [5, 5.41) is 0. The SMILES string of the molecule is [Co].[Cr].[Cr].[Mo][Co][Mo]. The average molecular weight is 414 g/mol. The molecule has 0 aliphatic rings. The standard InChI is InChI=1S/2Co.2Cr.2Mo. The minimum absolute atomic E-state index is 0. The fourth-order valence-corrected chi connectivity index (χ4v) is 0. The van der Waals surface area contributed by atoms with Gasteiger partial charge in [0.05, 0.1) is 0 Å². The van der Waals surface area contributed by atoms with Gasteiger partial charge in [0.1, 0.15) is 0 Å². The van der Waals surface area contributed by atoms with Crippen LogP contribution >= 0.6 is 0 Å². The van der Waals surface area contributed by atoms with Gasteiger partial charge >= 0.3 is 45.1 Å². The van der Waals surface area contributed by atoms with Crippen molar-refractivity contribution in [2.45, 2.75) is 0 Å². The van der Waals surface area contributed by atoms with Gasteiger partial charge in [0.25, 0.3) is 0 Å². The summed E-state index contributed by atoms with van der Waals surface area (Å²) < 4.78 is 0. The molecular weight excluding hydrogens is 414 g/mol. The molecule has 0 spiro atoms. The fraction of sp³-hybridized carbons (Fsp3) is 0. The van der Waals surface area contributed by atoms with Crippen molar-refractivity contribution in [3.05, 3.63) is 0 Å². The Bertz CT molecular complexity index is 9.51. The number of hydrogen-bond acceptors (Lipinski definition) is 0. The topological polar surface area (TPSA) is 0 Å². The van der Waals surface area contributed by atoms with E-state index in [1.807, 2.05) is 35.6 Å². The van der Waals surface area contributed by atoms with E-state index in [1.54, 1.807) is 0 Å². The van der Waals surface area contributed by atoms with E-state index in [2.05, 4.69) is 0 Å². The second-order valence-corrected chi connectivity index (χ2v) is 8.02. The molecule has 0 amide bonds. The summed E-state index contributed by atoms with van der Waals surface area (Å²) in [7, 11) is 1.46. The van der Waals surface area contributed by atoms with Crippen molar-refractivity contribution in [2.24, 2.45) is 0 Å². The molecule has 0 rings (SSSR count). The normalized spacial score (nSPS) is 3.33. The number of rotatable bonds is 0. The van der Waals surface area contributed by atoms with Gasteiger partial charge in [-0.05, 0) is 0 Å². The maximum atomic E-state index is 2.04. The molecule has 0 unspecified atom stereocenters. The molecule has 0 saturated carbocycles. The van der Waals surface area contributed by atoms with Crippen molar-refractivity contribution in [3.8, 4) is 0 Å². The summed E-state index contributed by atoms with van der Waals surface area (Å²) >= 11 is 4.09. The fourth-order valence-electron chi connectivity index (χ4n) is 0. The molecule has 0 fully saturated rings. The maximum absolute atomic E-state index is 2.04. The first-order valence-electron chi connectivity index (χ1n) is 0.272. The molecule has 0 aromatic rings. The molecule has 0 aromatic heterocycles.